The van der Waals surface area contributed by atoms with Crippen LogP contribution in [0.15, 0.2) is 42.5 Å². The molecule has 1 N–H and O–H groups in total. The number of carboxylic acid groups (broad SMARTS) is 1. The Morgan fingerprint density at radius 1 is 1.19 bits per heavy atom. The highest BCUT2D eigenvalue weighted by Crippen LogP contribution is 2.21. The third-order valence-electron chi connectivity index (χ3n) is 3.02. The van der Waals surface area contributed by atoms with Crippen molar-refractivity contribution in [1.29, 1.82) is 0 Å². The zero-order chi connectivity index (χ0) is 15.4. The number of carboxylic acids is 1. The van der Waals surface area contributed by atoms with Crippen LogP contribution >= 0.6 is 23.2 Å². The third-order valence-corrected chi connectivity index (χ3v) is 3.68. The van der Waals surface area contributed by atoms with Gasteiger partial charge in [0.05, 0.1) is 0 Å². The first-order chi connectivity index (χ1) is 9.95. The Morgan fingerprint density at radius 2 is 1.86 bits per heavy atom. The second-order valence-electron chi connectivity index (χ2n) is 4.69. The van der Waals surface area contributed by atoms with Gasteiger partial charge in [-0.1, -0.05) is 35.3 Å². The van der Waals surface area contributed by atoms with Crippen LogP contribution in [0, 0.1) is 6.92 Å². The highest BCUT2D eigenvalue weighted by molar-refractivity contribution is 6.31. The van der Waals surface area contributed by atoms with Crippen LogP contribution in [-0.4, -0.2) is 17.2 Å². The average molecular weight is 325 g/mol. The van der Waals surface area contributed by atoms with Crippen molar-refractivity contribution in [3.8, 4) is 5.75 Å². The van der Waals surface area contributed by atoms with Crippen LogP contribution in [0.1, 0.15) is 11.1 Å². The van der Waals surface area contributed by atoms with E-state index in [4.69, 9.17) is 27.9 Å². The molecular formula is C16H14Cl2O3. The van der Waals surface area contributed by atoms with E-state index in [-0.39, 0.29) is 6.42 Å². The molecule has 0 fully saturated rings. The van der Waals surface area contributed by atoms with E-state index >= 15 is 0 Å². The highest BCUT2D eigenvalue weighted by Gasteiger charge is 2.20. The molecule has 0 aliphatic rings. The van der Waals surface area contributed by atoms with Gasteiger partial charge >= 0.3 is 5.97 Å². The monoisotopic (exact) mass is 324 g/mol. The van der Waals surface area contributed by atoms with Crippen LogP contribution in [-0.2, 0) is 11.2 Å². The first-order valence-corrected chi connectivity index (χ1v) is 7.11. The Labute approximate surface area is 133 Å². The van der Waals surface area contributed by atoms with Gasteiger partial charge in [0.25, 0.3) is 0 Å². The van der Waals surface area contributed by atoms with Crippen molar-refractivity contribution in [2.24, 2.45) is 0 Å². The zero-order valence-corrected chi connectivity index (χ0v) is 12.9. The summed E-state index contributed by atoms with van der Waals surface area (Å²) >= 11 is 11.8. The van der Waals surface area contributed by atoms with Crippen LogP contribution in [0.4, 0.5) is 0 Å². The van der Waals surface area contributed by atoms with E-state index in [1.165, 1.54) is 0 Å². The summed E-state index contributed by atoms with van der Waals surface area (Å²) < 4.78 is 5.50. The van der Waals surface area contributed by atoms with Gasteiger partial charge in [0.2, 0.25) is 0 Å². The van der Waals surface area contributed by atoms with E-state index in [1.807, 2.05) is 19.1 Å². The molecule has 2 aromatic carbocycles. The molecule has 0 unspecified atom stereocenters. The molecule has 0 saturated carbocycles. The maximum Gasteiger partial charge on any atom is 0.345 e. The second kappa shape index (κ2) is 6.83. The summed E-state index contributed by atoms with van der Waals surface area (Å²) in [5.74, 6) is -0.563. The highest BCUT2D eigenvalue weighted by atomic mass is 35.5. The predicted octanol–water partition coefficient (Wildman–Crippen LogP) is 4.38. The summed E-state index contributed by atoms with van der Waals surface area (Å²) in [6.07, 6.45) is -0.747. The molecule has 0 bridgehead atoms. The van der Waals surface area contributed by atoms with Crippen molar-refractivity contribution in [3.63, 3.8) is 0 Å². The Kier molecular flexibility index (Phi) is 5.10. The summed E-state index contributed by atoms with van der Waals surface area (Å²) in [6.45, 7) is 1.89. The fraction of sp³-hybridized carbons (Fsp3) is 0.188. The SMILES string of the molecule is Cc1ccc(C[C@@H](Oc2ccc(Cl)cc2)C(=O)O)cc1Cl. The van der Waals surface area contributed by atoms with Crippen molar-refractivity contribution < 1.29 is 14.6 Å². The summed E-state index contributed by atoms with van der Waals surface area (Å²) in [5, 5.41) is 10.5. The normalized spacial score (nSPS) is 12.0. The lowest BCUT2D eigenvalue weighted by Gasteiger charge is -2.15. The maximum absolute atomic E-state index is 11.3. The lowest BCUT2D eigenvalue weighted by Crippen LogP contribution is -2.29. The van der Waals surface area contributed by atoms with E-state index in [2.05, 4.69) is 0 Å². The third kappa shape index (κ3) is 4.38. The van der Waals surface area contributed by atoms with E-state index in [9.17, 15) is 9.90 Å². The Hall–Kier alpha value is -1.71. The van der Waals surface area contributed by atoms with Crippen LogP contribution in [0.2, 0.25) is 10.0 Å². The number of rotatable bonds is 5. The number of aryl methyl sites for hydroxylation is 1. The van der Waals surface area contributed by atoms with E-state index in [0.717, 1.165) is 11.1 Å². The van der Waals surface area contributed by atoms with Crippen molar-refractivity contribution in [3.05, 3.63) is 63.6 Å². The minimum Gasteiger partial charge on any atom is -0.478 e. The fourth-order valence-corrected chi connectivity index (χ4v) is 2.16. The van der Waals surface area contributed by atoms with Gasteiger partial charge in [0, 0.05) is 16.5 Å². The molecular weight excluding hydrogens is 311 g/mol. The second-order valence-corrected chi connectivity index (χ2v) is 5.53. The smallest absolute Gasteiger partial charge is 0.345 e. The van der Waals surface area contributed by atoms with Gasteiger partial charge in [-0.3, -0.25) is 0 Å². The van der Waals surface area contributed by atoms with E-state index < -0.39 is 12.1 Å². The van der Waals surface area contributed by atoms with Gasteiger partial charge in [0.15, 0.2) is 6.10 Å². The molecule has 110 valence electrons. The molecule has 0 heterocycles. The first-order valence-electron chi connectivity index (χ1n) is 6.36. The first kappa shape index (κ1) is 15.7. The average Bonchev–Trinajstić information content (AvgIpc) is 2.44. The fourth-order valence-electron chi connectivity index (χ4n) is 1.83. The number of halogens is 2. The molecule has 0 amide bonds. The van der Waals surface area contributed by atoms with Crippen molar-refractivity contribution in [2.75, 3.05) is 0 Å². The van der Waals surface area contributed by atoms with Crippen molar-refractivity contribution in [2.45, 2.75) is 19.4 Å². The van der Waals surface area contributed by atoms with E-state index in [0.29, 0.717) is 15.8 Å². The molecule has 2 aromatic rings. The number of hydrogen-bond acceptors (Lipinski definition) is 2. The summed E-state index contributed by atoms with van der Waals surface area (Å²) in [6, 6.07) is 12.1. The molecule has 0 saturated heterocycles. The molecule has 3 nitrogen and oxygen atoms in total. The zero-order valence-electron chi connectivity index (χ0n) is 11.3. The summed E-state index contributed by atoms with van der Waals surface area (Å²) in [7, 11) is 0. The molecule has 0 aliphatic heterocycles. The Bertz CT molecular complexity index is 638. The number of aliphatic carboxylic acids is 1. The number of ether oxygens (including phenoxy) is 1. The minimum atomic E-state index is -1.03. The van der Waals surface area contributed by atoms with Gasteiger partial charge in [-0.05, 0) is 48.4 Å². The Morgan fingerprint density at radius 3 is 2.43 bits per heavy atom. The molecule has 2 rings (SSSR count). The van der Waals surface area contributed by atoms with Gasteiger partial charge < -0.3 is 9.84 Å². The summed E-state index contributed by atoms with van der Waals surface area (Å²) in [4.78, 5) is 11.3. The molecule has 21 heavy (non-hydrogen) atoms. The Balaban J connectivity index is 2.13. The van der Waals surface area contributed by atoms with Gasteiger partial charge in [-0.2, -0.15) is 0 Å². The van der Waals surface area contributed by atoms with E-state index in [1.54, 1.807) is 30.3 Å². The molecule has 0 radical (unpaired) electrons. The number of benzene rings is 2. The van der Waals surface area contributed by atoms with Gasteiger partial charge in [-0.15, -0.1) is 0 Å². The largest absolute Gasteiger partial charge is 0.478 e. The van der Waals surface area contributed by atoms with Gasteiger partial charge in [-0.25, -0.2) is 4.79 Å². The standard InChI is InChI=1S/C16H14Cl2O3/c1-10-2-3-11(8-14(10)18)9-15(16(19)20)21-13-6-4-12(17)5-7-13/h2-8,15H,9H2,1H3,(H,19,20)/t15-/m1/s1. The molecule has 1 atom stereocenters. The lowest BCUT2D eigenvalue weighted by atomic mass is 10.1. The molecule has 0 aliphatic carbocycles. The predicted molar refractivity (Wildman–Crippen MR) is 83.4 cm³/mol. The molecule has 0 spiro atoms. The van der Waals surface area contributed by atoms with Crippen LogP contribution in [0.5, 0.6) is 5.75 Å². The van der Waals surface area contributed by atoms with Crippen LogP contribution in [0.3, 0.4) is 0 Å². The number of carbonyl (C=O) groups is 1. The van der Waals surface area contributed by atoms with Crippen LogP contribution < -0.4 is 4.74 Å². The van der Waals surface area contributed by atoms with Gasteiger partial charge in [0.1, 0.15) is 5.75 Å². The minimum absolute atomic E-state index is 0.234. The number of hydrogen-bond donors (Lipinski definition) is 1. The quantitative estimate of drug-likeness (QED) is 0.887. The molecule has 5 heteroatoms. The lowest BCUT2D eigenvalue weighted by molar-refractivity contribution is -0.145. The van der Waals surface area contributed by atoms with Crippen molar-refractivity contribution >= 4 is 29.2 Å². The van der Waals surface area contributed by atoms with Crippen molar-refractivity contribution in [1.82, 2.24) is 0 Å². The topological polar surface area (TPSA) is 46.5 Å². The van der Waals surface area contributed by atoms with Crippen LogP contribution in [0.25, 0.3) is 0 Å². The molecule has 0 aromatic heterocycles. The summed E-state index contributed by atoms with van der Waals surface area (Å²) in [5.41, 5.74) is 1.76. The maximum atomic E-state index is 11.3.